The van der Waals surface area contributed by atoms with E-state index in [1.165, 1.54) is 28.8 Å². The Hall–Kier alpha value is -2.58. The molecule has 8 heteroatoms. The summed E-state index contributed by atoms with van der Waals surface area (Å²) in [5, 5.41) is 0.883. The second-order valence-electron chi connectivity index (χ2n) is 9.52. The highest BCUT2D eigenvalue weighted by atomic mass is 32.1. The summed E-state index contributed by atoms with van der Waals surface area (Å²) >= 11 is 1.74. The van der Waals surface area contributed by atoms with E-state index in [-0.39, 0.29) is 11.6 Å². The average molecular weight is 467 g/mol. The van der Waals surface area contributed by atoms with Gasteiger partial charge in [0.25, 0.3) is 5.56 Å². The maximum absolute atomic E-state index is 13.6. The Bertz CT molecular complexity index is 1260. The molecule has 3 aliphatic rings. The van der Waals surface area contributed by atoms with Crippen LogP contribution < -0.4 is 19.9 Å². The quantitative estimate of drug-likeness (QED) is 0.580. The summed E-state index contributed by atoms with van der Waals surface area (Å²) in [4.78, 5) is 25.8. The Morgan fingerprint density at radius 3 is 2.67 bits per heavy atom. The fourth-order valence-corrected chi connectivity index (χ4v) is 6.55. The van der Waals surface area contributed by atoms with Crippen molar-refractivity contribution in [1.29, 1.82) is 0 Å². The summed E-state index contributed by atoms with van der Waals surface area (Å²) in [6.07, 6.45) is 4.50. The lowest BCUT2D eigenvalue weighted by atomic mass is 9.97. The van der Waals surface area contributed by atoms with Crippen molar-refractivity contribution in [2.45, 2.75) is 52.1 Å². The Morgan fingerprint density at radius 1 is 1.06 bits per heavy atom. The van der Waals surface area contributed by atoms with Crippen LogP contribution in [-0.4, -0.2) is 47.4 Å². The van der Waals surface area contributed by atoms with Gasteiger partial charge in [-0.15, -0.1) is 11.3 Å². The molecule has 0 atom stereocenters. The molecule has 1 aliphatic carbocycles. The number of rotatable bonds is 4. The Morgan fingerprint density at radius 2 is 1.85 bits per heavy atom. The van der Waals surface area contributed by atoms with E-state index >= 15 is 0 Å². The molecule has 1 saturated heterocycles. The van der Waals surface area contributed by atoms with Crippen LogP contribution in [0.15, 0.2) is 23.0 Å². The summed E-state index contributed by atoms with van der Waals surface area (Å²) in [5.41, 5.74) is 2.65. The van der Waals surface area contributed by atoms with E-state index in [0.29, 0.717) is 6.79 Å². The van der Waals surface area contributed by atoms with E-state index in [9.17, 15) is 4.79 Å². The van der Waals surface area contributed by atoms with Crippen molar-refractivity contribution >= 4 is 27.5 Å². The molecule has 4 heterocycles. The molecule has 0 unspecified atom stereocenters. The molecule has 3 aromatic rings. The van der Waals surface area contributed by atoms with Gasteiger partial charge in [-0.1, -0.05) is 6.07 Å². The first-order valence-electron chi connectivity index (χ1n) is 12.0. The lowest BCUT2D eigenvalue weighted by Crippen LogP contribution is -2.48. The van der Waals surface area contributed by atoms with Crippen LogP contribution in [0.3, 0.4) is 0 Å². The maximum Gasteiger partial charge on any atom is 0.264 e. The van der Waals surface area contributed by atoms with Crippen LogP contribution in [0.5, 0.6) is 11.5 Å². The number of thiophene rings is 1. The van der Waals surface area contributed by atoms with Crippen molar-refractivity contribution in [3.8, 4) is 11.5 Å². The molecule has 0 saturated carbocycles. The molecule has 7 nitrogen and oxygen atoms in total. The van der Waals surface area contributed by atoms with Gasteiger partial charge < -0.3 is 14.4 Å². The Kier molecular flexibility index (Phi) is 5.30. The van der Waals surface area contributed by atoms with Gasteiger partial charge in [0.2, 0.25) is 12.7 Å². The number of ether oxygens (including phenoxy) is 2. The van der Waals surface area contributed by atoms with Crippen molar-refractivity contribution < 1.29 is 9.47 Å². The molecule has 6 rings (SSSR count). The Balaban J connectivity index is 1.24. The number of aryl methyl sites for hydroxylation is 2. The van der Waals surface area contributed by atoms with Gasteiger partial charge in [0, 0.05) is 43.6 Å². The zero-order valence-electron chi connectivity index (χ0n) is 19.3. The standard InChI is InChI=1S/C25H30N4O3S/c1-16(2)29-24(30)22-18-5-3-4-6-21(18)33-23(22)26-25(29)28-11-9-27(10-12-28)14-17-7-8-19-20(13-17)32-15-31-19/h7-8,13,16H,3-6,9-12,14-15H2,1-2H3. The molecule has 0 amide bonds. The summed E-state index contributed by atoms with van der Waals surface area (Å²) in [7, 11) is 0. The van der Waals surface area contributed by atoms with Crippen molar-refractivity contribution in [1.82, 2.24) is 14.5 Å². The summed E-state index contributed by atoms with van der Waals surface area (Å²) < 4.78 is 12.9. The lowest BCUT2D eigenvalue weighted by molar-refractivity contribution is 0.174. The minimum Gasteiger partial charge on any atom is -0.454 e. The zero-order valence-corrected chi connectivity index (χ0v) is 20.1. The van der Waals surface area contributed by atoms with Gasteiger partial charge in [-0.3, -0.25) is 14.3 Å². The van der Waals surface area contributed by atoms with E-state index in [4.69, 9.17) is 14.5 Å². The van der Waals surface area contributed by atoms with Crippen LogP contribution in [-0.2, 0) is 19.4 Å². The first-order valence-corrected chi connectivity index (χ1v) is 12.8. The fourth-order valence-electron chi connectivity index (χ4n) is 5.30. The van der Waals surface area contributed by atoms with Crippen molar-refractivity contribution in [3.63, 3.8) is 0 Å². The van der Waals surface area contributed by atoms with Gasteiger partial charge >= 0.3 is 0 Å². The Labute approximate surface area is 197 Å². The molecule has 1 fully saturated rings. The van der Waals surface area contributed by atoms with Crippen LogP contribution in [0.1, 0.15) is 48.7 Å². The third kappa shape index (κ3) is 3.69. The molecular formula is C25H30N4O3S. The number of hydrogen-bond acceptors (Lipinski definition) is 7. The SMILES string of the molecule is CC(C)n1c(N2CCN(Cc3ccc4c(c3)OCO4)CC2)nc2sc3c(c2c1=O)CCCC3. The molecule has 33 heavy (non-hydrogen) atoms. The minimum absolute atomic E-state index is 0.0789. The van der Waals surface area contributed by atoms with E-state index < -0.39 is 0 Å². The van der Waals surface area contributed by atoms with Crippen LogP contribution in [0.4, 0.5) is 5.95 Å². The number of aromatic nitrogens is 2. The summed E-state index contributed by atoms with van der Waals surface area (Å²) in [6.45, 7) is 8.95. The second kappa shape index (κ2) is 8.33. The topological polar surface area (TPSA) is 59.8 Å². The predicted octanol–water partition coefficient (Wildman–Crippen LogP) is 3.97. The molecule has 2 aromatic heterocycles. The van der Waals surface area contributed by atoms with Gasteiger partial charge in [0.05, 0.1) is 5.39 Å². The van der Waals surface area contributed by atoms with Crippen molar-refractivity contribution in [3.05, 3.63) is 44.6 Å². The number of anilines is 1. The highest BCUT2D eigenvalue weighted by Gasteiger charge is 2.27. The third-order valence-electron chi connectivity index (χ3n) is 7.02. The van der Waals surface area contributed by atoms with E-state index in [1.54, 1.807) is 11.3 Å². The number of fused-ring (bicyclic) bond motifs is 4. The van der Waals surface area contributed by atoms with Crippen LogP contribution in [0, 0.1) is 0 Å². The molecule has 0 N–H and O–H groups in total. The molecule has 0 bridgehead atoms. The van der Waals surface area contributed by atoms with Gasteiger partial charge in [-0.2, -0.15) is 0 Å². The first kappa shape index (κ1) is 21.0. The average Bonchev–Trinajstić information content (AvgIpc) is 3.43. The highest BCUT2D eigenvalue weighted by molar-refractivity contribution is 7.18. The number of hydrogen-bond donors (Lipinski definition) is 0. The maximum atomic E-state index is 13.6. The highest BCUT2D eigenvalue weighted by Crippen LogP contribution is 2.36. The smallest absolute Gasteiger partial charge is 0.264 e. The normalized spacial score (nSPS) is 18.3. The van der Waals surface area contributed by atoms with E-state index in [1.807, 2.05) is 10.6 Å². The fraction of sp³-hybridized carbons (Fsp3) is 0.520. The van der Waals surface area contributed by atoms with Crippen LogP contribution in [0.2, 0.25) is 0 Å². The summed E-state index contributed by atoms with van der Waals surface area (Å²) in [6, 6.07) is 6.27. The van der Waals surface area contributed by atoms with Crippen molar-refractivity contribution in [2.75, 3.05) is 37.9 Å². The lowest BCUT2D eigenvalue weighted by Gasteiger charge is -2.36. The molecule has 2 aliphatic heterocycles. The van der Waals surface area contributed by atoms with Crippen molar-refractivity contribution in [2.24, 2.45) is 0 Å². The monoisotopic (exact) mass is 466 g/mol. The third-order valence-corrected chi connectivity index (χ3v) is 8.20. The summed E-state index contributed by atoms with van der Waals surface area (Å²) in [5.74, 6) is 2.50. The molecule has 0 spiro atoms. The largest absolute Gasteiger partial charge is 0.454 e. The second-order valence-corrected chi connectivity index (χ2v) is 10.6. The number of piperazine rings is 1. The molecule has 0 radical (unpaired) electrons. The minimum atomic E-state index is 0.0789. The van der Waals surface area contributed by atoms with Gasteiger partial charge in [-0.25, -0.2) is 4.98 Å². The first-order chi connectivity index (χ1) is 16.1. The van der Waals surface area contributed by atoms with E-state index in [2.05, 4.69) is 35.8 Å². The van der Waals surface area contributed by atoms with Gasteiger partial charge in [-0.05, 0) is 62.8 Å². The molecule has 174 valence electrons. The zero-order chi connectivity index (χ0) is 22.5. The molecular weight excluding hydrogens is 436 g/mol. The predicted molar refractivity (Wildman–Crippen MR) is 131 cm³/mol. The van der Waals surface area contributed by atoms with E-state index in [0.717, 1.165) is 73.2 Å². The van der Waals surface area contributed by atoms with Gasteiger partial charge in [0.1, 0.15) is 4.83 Å². The molecule has 1 aromatic carbocycles. The number of nitrogens with zero attached hydrogens (tertiary/aromatic N) is 4. The van der Waals surface area contributed by atoms with Crippen LogP contribution in [0.25, 0.3) is 10.2 Å². The van der Waals surface area contributed by atoms with Crippen LogP contribution >= 0.6 is 11.3 Å². The number of benzene rings is 1. The van der Waals surface area contributed by atoms with Gasteiger partial charge in [0.15, 0.2) is 11.5 Å².